The molecule has 2 aromatic rings. The van der Waals surface area contributed by atoms with Crippen molar-refractivity contribution in [1.29, 1.82) is 0 Å². The van der Waals surface area contributed by atoms with Gasteiger partial charge in [-0.1, -0.05) is 24.3 Å². The average Bonchev–Trinajstić information content (AvgIpc) is 2.83. The molecule has 0 aromatic heterocycles. The lowest BCUT2D eigenvalue weighted by Crippen LogP contribution is -2.52. The van der Waals surface area contributed by atoms with Crippen molar-refractivity contribution in [1.82, 2.24) is 9.80 Å². The number of methoxy groups -OCH3 is 2. The zero-order chi connectivity index (χ0) is 21.5. The summed E-state index contributed by atoms with van der Waals surface area (Å²) in [4.78, 5) is 31.2. The van der Waals surface area contributed by atoms with Crippen molar-refractivity contribution in [3.8, 4) is 11.5 Å². The Labute approximate surface area is 181 Å². The molecule has 7 heteroatoms. The minimum Gasteiger partial charge on any atom is -0.493 e. The van der Waals surface area contributed by atoms with Gasteiger partial charge in [-0.15, -0.1) is 0 Å². The van der Waals surface area contributed by atoms with Crippen LogP contribution in [-0.2, 0) is 16.0 Å². The van der Waals surface area contributed by atoms with E-state index in [1.807, 2.05) is 34.1 Å². The van der Waals surface area contributed by atoms with Crippen molar-refractivity contribution in [2.45, 2.75) is 18.4 Å². The van der Waals surface area contributed by atoms with Gasteiger partial charge in [0.15, 0.2) is 11.5 Å². The van der Waals surface area contributed by atoms with Crippen LogP contribution in [0.4, 0.5) is 0 Å². The molecule has 1 saturated heterocycles. The minimum atomic E-state index is -0.507. The number of rotatable bonds is 3. The highest BCUT2D eigenvalue weighted by atomic mass is 16.5. The Morgan fingerprint density at radius 2 is 1.71 bits per heavy atom. The van der Waals surface area contributed by atoms with E-state index in [2.05, 4.69) is 6.07 Å². The molecular weight excluding hydrogens is 396 g/mol. The van der Waals surface area contributed by atoms with E-state index in [-0.39, 0.29) is 17.9 Å². The Balaban J connectivity index is 1.70. The Bertz CT molecular complexity index is 1030. The first-order valence-corrected chi connectivity index (χ1v) is 10.6. The lowest BCUT2D eigenvalue weighted by Gasteiger charge is -2.46. The molecule has 162 valence electrons. The monoisotopic (exact) mass is 422 g/mol. The zero-order valence-corrected chi connectivity index (χ0v) is 17.8. The third-order valence-electron chi connectivity index (χ3n) is 6.62. The number of morpholine rings is 1. The predicted octanol–water partition coefficient (Wildman–Crippen LogP) is 2.40. The molecule has 0 N–H and O–H groups in total. The molecule has 0 spiro atoms. The van der Waals surface area contributed by atoms with Crippen LogP contribution in [0.15, 0.2) is 36.4 Å². The number of hydrogen-bond acceptors (Lipinski definition) is 5. The van der Waals surface area contributed by atoms with Crippen LogP contribution in [0.25, 0.3) is 0 Å². The second-order valence-corrected chi connectivity index (χ2v) is 8.10. The van der Waals surface area contributed by atoms with Crippen LogP contribution in [0.1, 0.15) is 39.0 Å². The van der Waals surface area contributed by atoms with E-state index in [1.165, 1.54) is 5.56 Å². The van der Waals surface area contributed by atoms with Gasteiger partial charge in [-0.25, -0.2) is 0 Å². The van der Waals surface area contributed by atoms with Gasteiger partial charge in [-0.05, 0) is 35.2 Å². The van der Waals surface area contributed by atoms with Crippen LogP contribution in [0.5, 0.6) is 11.5 Å². The molecule has 3 heterocycles. The molecule has 7 nitrogen and oxygen atoms in total. The fourth-order valence-corrected chi connectivity index (χ4v) is 5.10. The van der Waals surface area contributed by atoms with Crippen molar-refractivity contribution in [3.63, 3.8) is 0 Å². The van der Waals surface area contributed by atoms with E-state index in [0.29, 0.717) is 55.5 Å². The summed E-state index contributed by atoms with van der Waals surface area (Å²) in [5.41, 5.74) is 3.46. The largest absolute Gasteiger partial charge is 0.493 e. The summed E-state index contributed by atoms with van der Waals surface area (Å²) < 4.78 is 16.4. The van der Waals surface area contributed by atoms with Crippen LogP contribution in [0.2, 0.25) is 0 Å². The van der Waals surface area contributed by atoms with Gasteiger partial charge >= 0.3 is 0 Å². The van der Waals surface area contributed by atoms with E-state index in [4.69, 9.17) is 14.2 Å². The summed E-state index contributed by atoms with van der Waals surface area (Å²) in [5, 5.41) is 0. The molecule has 0 saturated carbocycles. The van der Waals surface area contributed by atoms with Crippen molar-refractivity contribution < 1.29 is 23.8 Å². The molecule has 5 rings (SSSR count). The van der Waals surface area contributed by atoms with Gasteiger partial charge in [-0.2, -0.15) is 0 Å². The SMILES string of the molecule is COc1cc2c(cc1OC)C(C(=O)N1CCOCC1)C1c3ccccc3CCN1C2=O. The first-order valence-electron chi connectivity index (χ1n) is 10.6. The van der Waals surface area contributed by atoms with Gasteiger partial charge in [0.25, 0.3) is 5.91 Å². The number of fused-ring (bicyclic) bond motifs is 4. The van der Waals surface area contributed by atoms with Crippen molar-refractivity contribution in [3.05, 3.63) is 58.7 Å². The summed E-state index contributed by atoms with van der Waals surface area (Å²) in [6.07, 6.45) is 0.777. The van der Waals surface area contributed by atoms with Crippen LogP contribution >= 0.6 is 0 Å². The molecule has 3 aliphatic heterocycles. The predicted molar refractivity (Wildman–Crippen MR) is 114 cm³/mol. The van der Waals surface area contributed by atoms with Crippen LogP contribution < -0.4 is 9.47 Å². The van der Waals surface area contributed by atoms with E-state index >= 15 is 0 Å². The van der Waals surface area contributed by atoms with Gasteiger partial charge in [-0.3, -0.25) is 9.59 Å². The highest BCUT2D eigenvalue weighted by Gasteiger charge is 2.48. The fraction of sp³-hybridized carbons (Fsp3) is 0.417. The quantitative estimate of drug-likeness (QED) is 0.760. The van der Waals surface area contributed by atoms with E-state index in [1.54, 1.807) is 20.3 Å². The van der Waals surface area contributed by atoms with Crippen molar-refractivity contribution in [2.75, 3.05) is 47.1 Å². The maximum absolute atomic E-state index is 13.9. The third-order valence-corrected chi connectivity index (χ3v) is 6.62. The number of benzene rings is 2. The van der Waals surface area contributed by atoms with Crippen molar-refractivity contribution >= 4 is 11.8 Å². The Hall–Kier alpha value is -3.06. The summed E-state index contributed by atoms with van der Waals surface area (Å²) in [6, 6.07) is 11.3. The summed E-state index contributed by atoms with van der Waals surface area (Å²) in [7, 11) is 3.11. The van der Waals surface area contributed by atoms with Gasteiger partial charge < -0.3 is 24.0 Å². The number of amides is 2. The van der Waals surface area contributed by atoms with Gasteiger partial charge in [0.2, 0.25) is 5.91 Å². The third kappa shape index (κ3) is 3.15. The first kappa shape index (κ1) is 19.9. The minimum absolute atomic E-state index is 0.0240. The van der Waals surface area contributed by atoms with Crippen LogP contribution in [0.3, 0.4) is 0 Å². The summed E-state index contributed by atoms with van der Waals surface area (Å²) in [6.45, 7) is 2.75. The van der Waals surface area contributed by atoms with Gasteiger partial charge in [0, 0.05) is 25.2 Å². The molecule has 0 radical (unpaired) electrons. The highest BCUT2D eigenvalue weighted by Crippen LogP contribution is 2.49. The molecule has 2 amide bonds. The fourth-order valence-electron chi connectivity index (χ4n) is 5.10. The van der Waals surface area contributed by atoms with Crippen molar-refractivity contribution in [2.24, 2.45) is 0 Å². The number of hydrogen-bond donors (Lipinski definition) is 0. The zero-order valence-electron chi connectivity index (χ0n) is 17.8. The smallest absolute Gasteiger partial charge is 0.254 e. The molecule has 2 aromatic carbocycles. The second kappa shape index (κ2) is 7.89. The van der Waals surface area contributed by atoms with Gasteiger partial charge in [0.1, 0.15) is 0 Å². The highest BCUT2D eigenvalue weighted by molar-refractivity contribution is 6.02. The molecule has 0 aliphatic carbocycles. The maximum atomic E-state index is 13.9. The molecule has 2 atom stereocenters. The van der Waals surface area contributed by atoms with Gasteiger partial charge in [0.05, 0.1) is 39.4 Å². The average molecular weight is 422 g/mol. The molecule has 0 bridgehead atoms. The number of carbonyl (C=O) groups is 2. The Kier molecular flexibility index (Phi) is 5.06. The number of ether oxygens (including phenoxy) is 3. The number of nitrogens with zero attached hydrogens (tertiary/aromatic N) is 2. The molecule has 2 unspecified atom stereocenters. The topological polar surface area (TPSA) is 68.3 Å². The molecule has 1 fully saturated rings. The standard InChI is InChI=1S/C24H26N2O5/c1-29-19-13-17-18(14-20(19)30-2)23(27)26-8-7-15-5-3-4-6-16(15)22(26)21(17)24(28)25-9-11-31-12-10-25/h3-6,13-14,21-22H,7-12H2,1-2H3. The molecule has 31 heavy (non-hydrogen) atoms. The maximum Gasteiger partial charge on any atom is 0.254 e. The van der Waals surface area contributed by atoms with E-state index in [9.17, 15) is 9.59 Å². The Morgan fingerprint density at radius 1 is 1.00 bits per heavy atom. The number of carbonyl (C=O) groups excluding carboxylic acids is 2. The molecule has 3 aliphatic rings. The normalized spacial score (nSPS) is 22.3. The second-order valence-electron chi connectivity index (χ2n) is 8.10. The van der Waals surface area contributed by atoms with Crippen LogP contribution in [0, 0.1) is 0 Å². The molecular formula is C24H26N2O5. The lowest BCUT2D eigenvalue weighted by atomic mass is 9.75. The Morgan fingerprint density at radius 3 is 2.45 bits per heavy atom. The van der Waals surface area contributed by atoms with Crippen LogP contribution in [-0.4, -0.2) is 68.7 Å². The van der Waals surface area contributed by atoms with E-state index < -0.39 is 5.92 Å². The lowest BCUT2D eigenvalue weighted by molar-refractivity contribution is -0.138. The summed E-state index contributed by atoms with van der Waals surface area (Å²) in [5.74, 6) is 0.457. The van der Waals surface area contributed by atoms with E-state index in [0.717, 1.165) is 12.0 Å². The summed E-state index contributed by atoms with van der Waals surface area (Å²) >= 11 is 0. The first-order chi connectivity index (χ1) is 15.1.